The number of rotatable bonds is 10. The summed E-state index contributed by atoms with van der Waals surface area (Å²) < 4.78 is 26.7. The van der Waals surface area contributed by atoms with Gasteiger partial charge in [-0.3, -0.25) is 4.99 Å². The van der Waals surface area contributed by atoms with Crippen LogP contribution in [-0.2, 0) is 10.0 Å². The average molecular weight is 492 g/mol. The van der Waals surface area contributed by atoms with Crippen molar-refractivity contribution in [3.05, 3.63) is 17.5 Å². The number of nitrogens with one attached hydrogen (secondary N) is 3. The van der Waals surface area contributed by atoms with Gasteiger partial charge in [0.05, 0.1) is 0 Å². The van der Waals surface area contributed by atoms with Crippen LogP contribution in [0.2, 0.25) is 0 Å². The molecule has 0 fully saturated rings. The molecule has 0 amide bonds. The van der Waals surface area contributed by atoms with Gasteiger partial charge in [0.1, 0.15) is 4.21 Å². The largest absolute Gasteiger partial charge is 0.356 e. The Labute approximate surface area is 164 Å². The molecule has 0 aliphatic rings. The van der Waals surface area contributed by atoms with Crippen LogP contribution >= 0.6 is 47.1 Å². The summed E-state index contributed by atoms with van der Waals surface area (Å²) in [4.78, 5) is 4.10. The molecule has 1 aromatic heterocycles. The van der Waals surface area contributed by atoms with Crippen molar-refractivity contribution in [2.75, 3.05) is 38.7 Å². The molecule has 1 rings (SSSR count). The van der Waals surface area contributed by atoms with Gasteiger partial charge in [-0.15, -0.1) is 35.3 Å². The second-order valence-electron chi connectivity index (χ2n) is 4.46. The van der Waals surface area contributed by atoms with Crippen molar-refractivity contribution in [3.8, 4) is 0 Å². The fourth-order valence-electron chi connectivity index (χ4n) is 1.65. The van der Waals surface area contributed by atoms with Crippen LogP contribution in [0.3, 0.4) is 0 Å². The molecule has 0 saturated carbocycles. The number of halogens is 1. The zero-order valence-electron chi connectivity index (χ0n) is 13.4. The van der Waals surface area contributed by atoms with Crippen LogP contribution in [0.4, 0.5) is 0 Å². The van der Waals surface area contributed by atoms with Crippen LogP contribution in [0.5, 0.6) is 0 Å². The fourth-order valence-corrected chi connectivity index (χ4v) is 4.21. The van der Waals surface area contributed by atoms with Crippen molar-refractivity contribution in [2.24, 2.45) is 4.99 Å². The van der Waals surface area contributed by atoms with E-state index in [0.717, 1.165) is 18.7 Å². The second kappa shape index (κ2) is 13.3. The van der Waals surface area contributed by atoms with E-state index < -0.39 is 10.0 Å². The van der Waals surface area contributed by atoms with E-state index in [-0.39, 0.29) is 24.0 Å². The third-order valence-electron chi connectivity index (χ3n) is 2.76. The molecule has 0 aliphatic carbocycles. The molecular formula is C13H25IN4O2S3. The highest BCUT2D eigenvalue weighted by molar-refractivity contribution is 14.0. The van der Waals surface area contributed by atoms with Gasteiger partial charge in [-0.1, -0.05) is 6.07 Å². The van der Waals surface area contributed by atoms with E-state index in [2.05, 4.69) is 26.6 Å². The van der Waals surface area contributed by atoms with Gasteiger partial charge in [0.15, 0.2) is 5.96 Å². The topological polar surface area (TPSA) is 82.6 Å². The zero-order chi connectivity index (χ0) is 16.3. The third-order valence-corrected chi connectivity index (χ3v) is 6.32. The molecule has 0 bridgehead atoms. The molecule has 3 N–H and O–H groups in total. The summed E-state index contributed by atoms with van der Waals surface area (Å²) in [5, 5.41) is 8.04. The van der Waals surface area contributed by atoms with E-state index in [4.69, 9.17) is 0 Å². The summed E-state index contributed by atoms with van der Waals surface area (Å²) in [5.74, 6) is 1.86. The summed E-state index contributed by atoms with van der Waals surface area (Å²) in [7, 11) is -1.68. The van der Waals surface area contributed by atoms with Crippen molar-refractivity contribution in [1.29, 1.82) is 0 Å². The summed E-state index contributed by atoms with van der Waals surface area (Å²) in [6.07, 6.45) is 4.36. The van der Waals surface area contributed by atoms with Gasteiger partial charge in [-0.05, 0) is 36.3 Å². The SMILES string of the molecule is CN=C(NCCCCSC)NCCNS(=O)(=O)c1cccs1.I. The summed E-state index contributed by atoms with van der Waals surface area (Å²) >= 11 is 3.05. The van der Waals surface area contributed by atoms with Crippen LogP contribution in [-0.4, -0.2) is 53.1 Å². The molecule has 10 heteroatoms. The molecule has 0 spiro atoms. The molecule has 0 aliphatic heterocycles. The molecular weight excluding hydrogens is 467 g/mol. The van der Waals surface area contributed by atoms with Crippen LogP contribution in [0, 0.1) is 0 Å². The maximum atomic E-state index is 11.9. The van der Waals surface area contributed by atoms with E-state index in [1.54, 1.807) is 24.6 Å². The van der Waals surface area contributed by atoms with E-state index in [0.29, 0.717) is 23.3 Å². The minimum atomic E-state index is -3.38. The molecule has 1 aromatic rings. The molecule has 0 atom stereocenters. The van der Waals surface area contributed by atoms with Crippen molar-refractivity contribution >= 4 is 63.1 Å². The van der Waals surface area contributed by atoms with E-state index in [1.807, 2.05) is 11.8 Å². The summed E-state index contributed by atoms with van der Waals surface area (Å²) in [6, 6.07) is 3.32. The number of sulfonamides is 1. The molecule has 23 heavy (non-hydrogen) atoms. The first-order valence-corrected chi connectivity index (χ1v) is 10.8. The van der Waals surface area contributed by atoms with E-state index in [9.17, 15) is 8.42 Å². The van der Waals surface area contributed by atoms with Crippen LogP contribution < -0.4 is 15.4 Å². The van der Waals surface area contributed by atoms with Crippen molar-refractivity contribution in [1.82, 2.24) is 15.4 Å². The predicted octanol–water partition coefficient (Wildman–Crippen LogP) is 1.95. The predicted molar refractivity (Wildman–Crippen MR) is 112 cm³/mol. The smallest absolute Gasteiger partial charge is 0.250 e. The van der Waals surface area contributed by atoms with Gasteiger partial charge in [0.2, 0.25) is 10.0 Å². The lowest BCUT2D eigenvalue weighted by Gasteiger charge is -2.12. The maximum Gasteiger partial charge on any atom is 0.250 e. The molecule has 0 unspecified atom stereocenters. The molecule has 0 saturated heterocycles. The Hall–Kier alpha value is -0.0400. The lowest BCUT2D eigenvalue weighted by Crippen LogP contribution is -2.41. The number of thiophene rings is 1. The van der Waals surface area contributed by atoms with Gasteiger partial charge in [-0.25, -0.2) is 13.1 Å². The number of hydrogen-bond donors (Lipinski definition) is 3. The molecule has 1 heterocycles. The van der Waals surface area contributed by atoms with Crippen LogP contribution in [0.15, 0.2) is 26.7 Å². The van der Waals surface area contributed by atoms with Gasteiger partial charge in [0, 0.05) is 26.7 Å². The standard InChI is InChI=1S/C13H24N4O2S3.HI/c1-14-13(15-7-3-4-10-20-2)16-8-9-17-22(18,19)12-6-5-11-21-12;/h5-6,11,17H,3-4,7-10H2,1-2H3,(H2,14,15,16);1H. The Morgan fingerprint density at radius 1 is 1.26 bits per heavy atom. The number of guanidine groups is 1. The second-order valence-corrected chi connectivity index (χ2v) is 8.38. The van der Waals surface area contributed by atoms with Gasteiger partial charge < -0.3 is 10.6 Å². The normalized spacial score (nSPS) is 11.8. The monoisotopic (exact) mass is 492 g/mol. The summed E-state index contributed by atoms with van der Waals surface area (Å²) in [6.45, 7) is 1.66. The first kappa shape index (κ1) is 23.0. The Balaban J connectivity index is 0.00000484. The van der Waals surface area contributed by atoms with Crippen molar-refractivity contribution < 1.29 is 8.42 Å². The van der Waals surface area contributed by atoms with Crippen LogP contribution in [0.25, 0.3) is 0 Å². The number of aliphatic imine (C=N–C) groups is 1. The molecule has 6 nitrogen and oxygen atoms in total. The summed E-state index contributed by atoms with van der Waals surface area (Å²) in [5.41, 5.74) is 0. The van der Waals surface area contributed by atoms with E-state index in [1.165, 1.54) is 17.8 Å². The minimum absolute atomic E-state index is 0. The number of thioether (sulfide) groups is 1. The van der Waals surface area contributed by atoms with Gasteiger partial charge >= 0.3 is 0 Å². The maximum absolute atomic E-state index is 11.9. The minimum Gasteiger partial charge on any atom is -0.356 e. The lowest BCUT2D eigenvalue weighted by molar-refractivity contribution is 0.582. The van der Waals surface area contributed by atoms with Gasteiger partial charge in [0.25, 0.3) is 0 Å². The Morgan fingerprint density at radius 2 is 2.00 bits per heavy atom. The fraction of sp³-hybridized carbons (Fsp3) is 0.615. The highest BCUT2D eigenvalue weighted by atomic mass is 127. The Morgan fingerprint density at radius 3 is 2.61 bits per heavy atom. The highest BCUT2D eigenvalue weighted by Gasteiger charge is 2.13. The molecule has 134 valence electrons. The van der Waals surface area contributed by atoms with Gasteiger partial charge in [-0.2, -0.15) is 11.8 Å². The number of nitrogens with zero attached hydrogens (tertiary/aromatic N) is 1. The van der Waals surface area contributed by atoms with Crippen molar-refractivity contribution in [2.45, 2.75) is 17.1 Å². The third kappa shape index (κ3) is 9.75. The van der Waals surface area contributed by atoms with Crippen molar-refractivity contribution in [3.63, 3.8) is 0 Å². The quantitative estimate of drug-likeness (QED) is 0.201. The Kier molecular flexibility index (Phi) is 13.3. The Bertz CT molecular complexity index is 535. The first-order valence-electron chi connectivity index (χ1n) is 7.07. The first-order chi connectivity index (χ1) is 10.6. The average Bonchev–Trinajstić information content (AvgIpc) is 3.04. The zero-order valence-corrected chi connectivity index (χ0v) is 18.2. The molecule has 0 radical (unpaired) electrons. The van der Waals surface area contributed by atoms with Crippen LogP contribution in [0.1, 0.15) is 12.8 Å². The molecule has 0 aromatic carbocycles. The lowest BCUT2D eigenvalue weighted by atomic mass is 10.3. The number of unbranched alkanes of at least 4 members (excludes halogenated alkanes) is 1. The number of hydrogen-bond acceptors (Lipinski definition) is 5. The highest BCUT2D eigenvalue weighted by Crippen LogP contribution is 2.14. The van der Waals surface area contributed by atoms with E-state index >= 15 is 0 Å².